The standard InChI is InChI=1S/C18H18N4O4S/c1-2-18(12-7-4-3-5-8-12)16(25)22(17(26)20-18)21-14(23)11-19-15(24)13-9-6-10-27-13/h3-10H,2,11H2,1H3,(H,19,24)(H,20,26)(H,21,23)/t18-/m0/s1. The number of urea groups is 1. The number of carbonyl (C=O) groups excluding carboxylic acids is 4. The molecule has 0 bridgehead atoms. The molecule has 1 aliphatic rings. The lowest BCUT2D eigenvalue weighted by Gasteiger charge is -2.25. The number of thiophene rings is 1. The van der Waals surface area contributed by atoms with Crippen LogP contribution in [0.4, 0.5) is 4.79 Å². The SMILES string of the molecule is CC[C@@]1(c2ccccc2)NC(=O)N(NC(=O)CNC(=O)c2cccs2)C1=O. The summed E-state index contributed by atoms with van der Waals surface area (Å²) < 4.78 is 0. The van der Waals surface area contributed by atoms with Gasteiger partial charge in [-0.3, -0.25) is 19.8 Å². The van der Waals surface area contributed by atoms with Gasteiger partial charge in [0.25, 0.3) is 17.7 Å². The van der Waals surface area contributed by atoms with E-state index in [2.05, 4.69) is 16.1 Å². The van der Waals surface area contributed by atoms with Crippen molar-refractivity contribution in [1.82, 2.24) is 21.1 Å². The minimum absolute atomic E-state index is 0.322. The lowest BCUT2D eigenvalue weighted by atomic mass is 9.87. The first-order chi connectivity index (χ1) is 13.0. The maximum Gasteiger partial charge on any atom is 0.344 e. The maximum atomic E-state index is 12.9. The molecule has 0 radical (unpaired) electrons. The van der Waals surface area contributed by atoms with Crippen LogP contribution in [0.3, 0.4) is 0 Å². The van der Waals surface area contributed by atoms with E-state index in [0.717, 1.165) is 0 Å². The maximum absolute atomic E-state index is 12.9. The molecule has 1 aliphatic heterocycles. The summed E-state index contributed by atoms with van der Waals surface area (Å²) in [7, 11) is 0. The molecule has 27 heavy (non-hydrogen) atoms. The molecule has 140 valence electrons. The number of hydrogen-bond acceptors (Lipinski definition) is 5. The van der Waals surface area contributed by atoms with Crippen LogP contribution >= 0.6 is 11.3 Å². The third-order valence-corrected chi connectivity index (χ3v) is 5.15. The van der Waals surface area contributed by atoms with E-state index < -0.39 is 29.3 Å². The molecule has 2 heterocycles. The molecule has 3 N–H and O–H groups in total. The Morgan fingerprint density at radius 3 is 2.52 bits per heavy atom. The van der Waals surface area contributed by atoms with Gasteiger partial charge >= 0.3 is 6.03 Å². The molecule has 1 saturated heterocycles. The zero-order valence-electron chi connectivity index (χ0n) is 14.5. The second-order valence-electron chi connectivity index (χ2n) is 5.89. The lowest BCUT2D eigenvalue weighted by Crippen LogP contribution is -2.51. The normalized spacial score (nSPS) is 18.9. The number of rotatable bonds is 6. The number of benzene rings is 1. The fourth-order valence-electron chi connectivity index (χ4n) is 2.86. The molecule has 5 amide bonds. The molecule has 0 spiro atoms. The molecule has 2 aromatic rings. The Kier molecular flexibility index (Phi) is 5.22. The van der Waals surface area contributed by atoms with Crippen LogP contribution in [0.5, 0.6) is 0 Å². The molecular formula is C18H18N4O4S. The summed E-state index contributed by atoms with van der Waals surface area (Å²) in [5.41, 5.74) is 1.66. The number of hydrogen-bond donors (Lipinski definition) is 3. The Hall–Kier alpha value is -3.20. The molecule has 1 fully saturated rings. The van der Waals surface area contributed by atoms with Crippen molar-refractivity contribution < 1.29 is 19.2 Å². The molecule has 0 unspecified atom stereocenters. The van der Waals surface area contributed by atoms with Crippen molar-refractivity contribution in [1.29, 1.82) is 0 Å². The van der Waals surface area contributed by atoms with Crippen LogP contribution in [0.25, 0.3) is 0 Å². The van der Waals surface area contributed by atoms with Crippen molar-refractivity contribution >= 4 is 35.1 Å². The van der Waals surface area contributed by atoms with Gasteiger partial charge in [-0.2, -0.15) is 5.01 Å². The zero-order chi connectivity index (χ0) is 19.4. The molecule has 0 saturated carbocycles. The summed E-state index contributed by atoms with van der Waals surface area (Å²) in [5.74, 6) is -1.65. The number of carbonyl (C=O) groups is 4. The van der Waals surface area contributed by atoms with Gasteiger partial charge in [-0.25, -0.2) is 4.79 Å². The van der Waals surface area contributed by atoms with E-state index in [0.29, 0.717) is 21.9 Å². The number of nitrogens with zero attached hydrogens (tertiary/aromatic N) is 1. The fraction of sp³-hybridized carbons (Fsp3) is 0.222. The summed E-state index contributed by atoms with van der Waals surface area (Å²) in [6.45, 7) is 1.41. The molecule has 1 aromatic carbocycles. The van der Waals surface area contributed by atoms with Gasteiger partial charge in [-0.05, 0) is 23.4 Å². The first kappa shape index (κ1) is 18.6. The van der Waals surface area contributed by atoms with Crippen molar-refractivity contribution in [3.63, 3.8) is 0 Å². The third-order valence-electron chi connectivity index (χ3n) is 4.28. The molecule has 9 heteroatoms. The Labute approximate surface area is 159 Å². The van der Waals surface area contributed by atoms with Gasteiger partial charge in [0.1, 0.15) is 5.54 Å². The average molecular weight is 386 g/mol. The van der Waals surface area contributed by atoms with Crippen molar-refractivity contribution in [2.24, 2.45) is 0 Å². The van der Waals surface area contributed by atoms with Crippen LogP contribution in [0.1, 0.15) is 28.6 Å². The average Bonchev–Trinajstić information content (AvgIpc) is 3.30. The first-order valence-electron chi connectivity index (χ1n) is 8.31. The van der Waals surface area contributed by atoms with E-state index in [-0.39, 0.29) is 6.54 Å². The fourth-order valence-corrected chi connectivity index (χ4v) is 3.50. The van der Waals surface area contributed by atoms with Crippen LogP contribution in [0.15, 0.2) is 47.8 Å². The predicted octanol–water partition coefficient (Wildman–Crippen LogP) is 1.37. The van der Waals surface area contributed by atoms with Crippen LogP contribution in [-0.2, 0) is 15.1 Å². The van der Waals surface area contributed by atoms with Gasteiger partial charge in [0, 0.05) is 0 Å². The van der Waals surface area contributed by atoms with E-state index in [4.69, 9.17) is 0 Å². The van der Waals surface area contributed by atoms with Gasteiger partial charge in [0.05, 0.1) is 11.4 Å². The minimum atomic E-state index is -1.23. The van der Waals surface area contributed by atoms with Crippen molar-refractivity contribution in [3.8, 4) is 0 Å². The molecule has 8 nitrogen and oxygen atoms in total. The lowest BCUT2D eigenvalue weighted by molar-refractivity contribution is -0.139. The minimum Gasteiger partial charge on any atom is -0.342 e. The number of nitrogens with one attached hydrogen (secondary N) is 3. The van der Waals surface area contributed by atoms with Gasteiger partial charge in [-0.1, -0.05) is 43.3 Å². The van der Waals surface area contributed by atoms with Crippen LogP contribution < -0.4 is 16.1 Å². The number of amides is 5. The number of hydrazine groups is 1. The molecular weight excluding hydrogens is 368 g/mol. The summed E-state index contributed by atoms with van der Waals surface area (Å²) in [5, 5.41) is 7.52. The highest BCUT2D eigenvalue weighted by Gasteiger charge is 2.52. The largest absolute Gasteiger partial charge is 0.344 e. The predicted molar refractivity (Wildman–Crippen MR) is 98.6 cm³/mol. The van der Waals surface area contributed by atoms with Crippen LogP contribution in [0.2, 0.25) is 0 Å². The van der Waals surface area contributed by atoms with Crippen molar-refractivity contribution in [3.05, 3.63) is 58.3 Å². The third kappa shape index (κ3) is 3.54. The number of imide groups is 1. The van der Waals surface area contributed by atoms with E-state index in [1.165, 1.54) is 11.3 Å². The first-order valence-corrected chi connectivity index (χ1v) is 9.19. The summed E-state index contributed by atoms with van der Waals surface area (Å²) >= 11 is 1.24. The van der Waals surface area contributed by atoms with Gasteiger partial charge in [-0.15, -0.1) is 11.3 Å². The molecule has 1 aromatic heterocycles. The quantitative estimate of drug-likeness (QED) is 0.652. The van der Waals surface area contributed by atoms with E-state index >= 15 is 0 Å². The smallest absolute Gasteiger partial charge is 0.342 e. The van der Waals surface area contributed by atoms with Crippen molar-refractivity contribution in [2.45, 2.75) is 18.9 Å². The van der Waals surface area contributed by atoms with Gasteiger partial charge in [0.15, 0.2) is 0 Å². The van der Waals surface area contributed by atoms with Gasteiger partial charge in [0.2, 0.25) is 0 Å². The second-order valence-corrected chi connectivity index (χ2v) is 6.84. The topological polar surface area (TPSA) is 108 Å². The zero-order valence-corrected chi connectivity index (χ0v) is 15.3. The van der Waals surface area contributed by atoms with Crippen LogP contribution in [0, 0.1) is 0 Å². The van der Waals surface area contributed by atoms with E-state index in [1.54, 1.807) is 48.7 Å². The highest BCUT2D eigenvalue weighted by Crippen LogP contribution is 2.31. The highest BCUT2D eigenvalue weighted by atomic mass is 32.1. The Morgan fingerprint density at radius 1 is 1.15 bits per heavy atom. The molecule has 3 rings (SSSR count). The van der Waals surface area contributed by atoms with Crippen molar-refractivity contribution in [2.75, 3.05) is 6.54 Å². The monoisotopic (exact) mass is 386 g/mol. The second kappa shape index (κ2) is 7.58. The summed E-state index contributed by atoms with van der Waals surface area (Å²) in [4.78, 5) is 49.6. The molecule has 0 aliphatic carbocycles. The van der Waals surface area contributed by atoms with Crippen LogP contribution in [-0.4, -0.2) is 35.3 Å². The Balaban J connectivity index is 1.66. The Bertz CT molecular complexity index is 869. The Morgan fingerprint density at radius 2 is 1.89 bits per heavy atom. The summed E-state index contributed by atoms with van der Waals surface area (Å²) in [6, 6.07) is 11.5. The summed E-state index contributed by atoms with van der Waals surface area (Å²) in [6.07, 6.45) is 0.322. The van der Waals surface area contributed by atoms with Gasteiger partial charge < -0.3 is 10.6 Å². The van der Waals surface area contributed by atoms with E-state index in [9.17, 15) is 19.2 Å². The molecule has 1 atom stereocenters. The van der Waals surface area contributed by atoms with E-state index in [1.807, 2.05) is 6.07 Å². The highest BCUT2D eigenvalue weighted by molar-refractivity contribution is 7.12.